The molecular weight excluding hydrogens is 378 g/mol. The normalized spacial score (nSPS) is 11.1. The summed E-state index contributed by atoms with van der Waals surface area (Å²) in [6.45, 7) is 1.90. The first kappa shape index (κ1) is 18.1. The Morgan fingerprint density at radius 3 is 2.61 bits per heavy atom. The van der Waals surface area contributed by atoms with Crippen molar-refractivity contribution in [3.05, 3.63) is 80.7 Å². The highest BCUT2D eigenvalue weighted by Crippen LogP contribution is 2.28. The van der Waals surface area contributed by atoms with E-state index in [2.05, 4.69) is 15.2 Å². The van der Waals surface area contributed by atoms with Crippen LogP contribution in [0, 0.1) is 6.92 Å². The van der Waals surface area contributed by atoms with Crippen LogP contribution in [0.2, 0.25) is 0 Å². The van der Waals surface area contributed by atoms with Gasteiger partial charge in [0.25, 0.3) is 5.56 Å². The van der Waals surface area contributed by atoms with Gasteiger partial charge < -0.3 is 14.0 Å². The number of hydrogen-bond donors (Lipinski definition) is 1. The predicted molar refractivity (Wildman–Crippen MR) is 104 cm³/mol. The predicted octanol–water partition coefficient (Wildman–Crippen LogP) is 2.43. The molecule has 4 aromatic rings. The van der Waals surface area contributed by atoms with Crippen LogP contribution in [0.15, 0.2) is 72.9 Å². The quantitative estimate of drug-likeness (QED) is 0.521. The lowest BCUT2D eigenvalue weighted by Gasteiger charge is -2.09. The number of hydrogen-bond acceptors (Lipinski definition) is 6. The van der Waals surface area contributed by atoms with Gasteiger partial charge in [0.05, 0.1) is 17.8 Å². The maximum Gasteiger partial charge on any atom is 0.329 e. The summed E-state index contributed by atoms with van der Waals surface area (Å²) >= 11 is 1.18. The highest BCUT2D eigenvalue weighted by Gasteiger charge is 2.17. The topological polar surface area (TPSA) is 98.7 Å². The Bertz CT molecular complexity index is 1220. The first-order valence-electron chi connectivity index (χ1n) is 8.53. The van der Waals surface area contributed by atoms with Crippen LogP contribution in [-0.4, -0.2) is 24.3 Å². The van der Waals surface area contributed by atoms with Crippen molar-refractivity contribution in [3.63, 3.8) is 0 Å². The Kier molecular flexibility index (Phi) is 4.74. The Hall–Kier alpha value is -3.33. The number of aromatic nitrogens is 5. The summed E-state index contributed by atoms with van der Waals surface area (Å²) in [5.41, 5.74) is 0.535. The van der Waals surface area contributed by atoms with Crippen LogP contribution in [0.5, 0.6) is 0 Å². The summed E-state index contributed by atoms with van der Waals surface area (Å²) in [6, 6.07) is 12.9. The zero-order chi connectivity index (χ0) is 19.7. The lowest BCUT2D eigenvalue weighted by atomic mass is 10.2. The minimum Gasteiger partial charge on any atom is -0.461 e. The van der Waals surface area contributed by atoms with Gasteiger partial charge >= 0.3 is 5.69 Å². The molecule has 8 nitrogen and oxygen atoms in total. The van der Waals surface area contributed by atoms with Gasteiger partial charge in [0.2, 0.25) is 0 Å². The van der Waals surface area contributed by atoms with E-state index >= 15 is 0 Å². The Labute approximate surface area is 163 Å². The van der Waals surface area contributed by atoms with E-state index in [0.29, 0.717) is 27.3 Å². The van der Waals surface area contributed by atoms with E-state index < -0.39 is 5.69 Å². The van der Waals surface area contributed by atoms with Crippen LogP contribution in [-0.2, 0) is 13.6 Å². The van der Waals surface area contributed by atoms with Gasteiger partial charge in [-0.3, -0.25) is 9.36 Å². The van der Waals surface area contributed by atoms with Crippen molar-refractivity contribution in [1.82, 2.24) is 24.3 Å². The van der Waals surface area contributed by atoms with Crippen molar-refractivity contribution in [2.75, 3.05) is 0 Å². The van der Waals surface area contributed by atoms with Crippen LogP contribution in [0.4, 0.5) is 0 Å². The lowest BCUT2D eigenvalue weighted by Crippen LogP contribution is -2.37. The molecule has 0 saturated carbocycles. The second kappa shape index (κ2) is 7.35. The lowest BCUT2D eigenvalue weighted by molar-refractivity contribution is 0.572. The zero-order valence-corrected chi connectivity index (χ0v) is 16.1. The van der Waals surface area contributed by atoms with E-state index in [0.717, 1.165) is 5.56 Å². The Morgan fingerprint density at radius 2 is 1.89 bits per heavy atom. The molecule has 0 radical (unpaired) electrons. The molecule has 0 fully saturated rings. The van der Waals surface area contributed by atoms with Crippen molar-refractivity contribution in [3.8, 4) is 11.6 Å². The molecule has 3 heterocycles. The molecule has 3 aromatic heterocycles. The number of nitrogens with zero attached hydrogens (tertiary/aromatic N) is 4. The summed E-state index contributed by atoms with van der Waals surface area (Å²) in [7, 11) is 1.80. The van der Waals surface area contributed by atoms with Crippen molar-refractivity contribution >= 4 is 11.8 Å². The number of nitrogens with one attached hydrogen (secondary N) is 1. The van der Waals surface area contributed by atoms with Gasteiger partial charge in [0, 0.05) is 12.6 Å². The van der Waals surface area contributed by atoms with Gasteiger partial charge in [-0.25, -0.2) is 4.79 Å². The van der Waals surface area contributed by atoms with E-state index in [1.807, 2.05) is 30.3 Å². The third kappa shape index (κ3) is 3.31. The van der Waals surface area contributed by atoms with Crippen molar-refractivity contribution in [1.29, 1.82) is 0 Å². The summed E-state index contributed by atoms with van der Waals surface area (Å²) in [5, 5.41) is 9.25. The third-order valence-electron chi connectivity index (χ3n) is 4.33. The molecule has 0 aliphatic heterocycles. The van der Waals surface area contributed by atoms with E-state index in [1.165, 1.54) is 16.3 Å². The van der Waals surface area contributed by atoms with Gasteiger partial charge in [0.15, 0.2) is 16.7 Å². The van der Waals surface area contributed by atoms with E-state index in [-0.39, 0.29) is 12.1 Å². The minimum absolute atomic E-state index is 0.216. The number of benzene rings is 1. The largest absolute Gasteiger partial charge is 0.461 e. The standard InChI is InChI=1S/C19H17N5O3S/c1-12-16(28-19-22-21-15(23(19)2)14-9-6-10-27-14)20-18(26)24(17(12)25)11-13-7-4-3-5-8-13/h3-10H,11H2,1-2H3,(H,20,26). The minimum atomic E-state index is -0.463. The number of furan rings is 1. The molecule has 0 spiro atoms. The van der Waals surface area contributed by atoms with E-state index in [4.69, 9.17) is 4.42 Å². The molecule has 0 atom stereocenters. The van der Waals surface area contributed by atoms with Gasteiger partial charge in [0.1, 0.15) is 0 Å². The molecule has 0 saturated heterocycles. The van der Waals surface area contributed by atoms with E-state index in [9.17, 15) is 9.59 Å². The number of rotatable bonds is 5. The molecule has 0 amide bonds. The third-order valence-corrected chi connectivity index (χ3v) is 5.48. The molecule has 9 heteroatoms. The fourth-order valence-corrected chi connectivity index (χ4v) is 3.64. The van der Waals surface area contributed by atoms with Gasteiger partial charge in [-0.05, 0) is 36.4 Å². The summed E-state index contributed by atoms with van der Waals surface area (Å²) < 4.78 is 8.30. The molecule has 1 N–H and O–H groups in total. The maximum absolute atomic E-state index is 12.8. The summed E-state index contributed by atoms with van der Waals surface area (Å²) in [6.07, 6.45) is 1.56. The fourth-order valence-electron chi connectivity index (χ4n) is 2.78. The van der Waals surface area contributed by atoms with Crippen LogP contribution in [0.3, 0.4) is 0 Å². The first-order valence-corrected chi connectivity index (χ1v) is 9.35. The molecule has 142 valence electrons. The monoisotopic (exact) mass is 395 g/mol. The Balaban J connectivity index is 1.67. The van der Waals surface area contributed by atoms with Crippen LogP contribution in [0.1, 0.15) is 11.1 Å². The smallest absolute Gasteiger partial charge is 0.329 e. The first-order chi connectivity index (χ1) is 13.5. The molecule has 0 aliphatic rings. The van der Waals surface area contributed by atoms with Crippen molar-refractivity contribution < 1.29 is 4.42 Å². The van der Waals surface area contributed by atoms with Gasteiger partial charge in [-0.1, -0.05) is 30.3 Å². The second-order valence-corrected chi connectivity index (χ2v) is 7.18. The molecule has 0 bridgehead atoms. The van der Waals surface area contributed by atoms with E-state index in [1.54, 1.807) is 36.9 Å². The number of aromatic amines is 1. The van der Waals surface area contributed by atoms with Gasteiger partial charge in [-0.2, -0.15) is 0 Å². The van der Waals surface area contributed by atoms with Crippen molar-refractivity contribution in [2.45, 2.75) is 23.7 Å². The molecular formula is C19H17N5O3S. The number of H-pyrrole nitrogens is 1. The van der Waals surface area contributed by atoms with Crippen LogP contribution >= 0.6 is 11.8 Å². The SMILES string of the molecule is Cc1c(Sc2nnc(-c3ccco3)n2C)[nH]c(=O)n(Cc2ccccc2)c1=O. The second-order valence-electron chi connectivity index (χ2n) is 6.21. The average molecular weight is 395 g/mol. The molecule has 28 heavy (non-hydrogen) atoms. The zero-order valence-electron chi connectivity index (χ0n) is 15.2. The van der Waals surface area contributed by atoms with Crippen LogP contribution < -0.4 is 11.2 Å². The molecule has 0 aliphatic carbocycles. The highest BCUT2D eigenvalue weighted by atomic mass is 32.2. The Morgan fingerprint density at radius 1 is 1.11 bits per heavy atom. The molecule has 1 aromatic carbocycles. The summed E-state index contributed by atoms with van der Waals surface area (Å²) in [4.78, 5) is 28.1. The van der Waals surface area contributed by atoms with Gasteiger partial charge in [-0.15, -0.1) is 10.2 Å². The fraction of sp³-hybridized carbons (Fsp3) is 0.158. The molecule has 4 rings (SSSR count). The highest BCUT2D eigenvalue weighted by molar-refractivity contribution is 7.99. The summed E-state index contributed by atoms with van der Waals surface area (Å²) in [5.74, 6) is 1.15. The van der Waals surface area contributed by atoms with Crippen molar-refractivity contribution in [2.24, 2.45) is 7.05 Å². The average Bonchev–Trinajstić information content (AvgIpc) is 3.34. The maximum atomic E-state index is 12.8. The van der Waals surface area contributed by atoms with Crippen LogP contribution in [0.25, 0.3) is 11.6 Å². The molecule has 0 unspecified atom stereocenters.